The zero-order valence-corrected chi connectivity index (χ0v) is 14.0. The lowest BCUT2D eigenvalue weighted by atomic mass is 10.2. The lowest BCUT2D eigenvalue weighted by Crippen LogP contribution is -2.30. The van der Waals surface area contributed by atoms with Gasteiger partial charge < -0.3 is 0 Å². The summed E-state index contributed by atoms with van der Waals surface area (Å²) in [5, 5.41) is 0. The molecule has 0 heterocycles. The molecule has 3 nitrogen and oxygen atoms in total. The molecule has 0 N–H and O–H groups in total. The number of nitrogens with zero attached hydrogens (tertiary/aromatic N) is 1. The minimum Gasteiger partial charge on any atom is -0.206 e. The maximum absolute atomic E-state index is 12.2. The second-order valence-electron chi connectivity index (χ2n) is 4.40. The van der Waals surface area contributed by atoms with Crippen LogP contribution in [-0.4, -0.2) is 19.3 Å². The summed E-state index contributed by atoms with van der Waals surface area (Å²) in [6.45, 7) is 6.27. The fraction of sp³-hybridized carbons (Fsp3) is 0.333. The Balaban J connectivity index is 2.88. The quantitative estimate of drug-likeness (QED) is 0.658. The van der Waals surface area contributed by atoms with Crippen molar-refractivity contribution in [1.82, 2.24) is 4.31 Å². The number of hydrogen-bond acceptors (Lipinski definition) is 2. The molecule has 0 aromatic heterocycles. The Kier molecular flexibility index (Phi) is 7.19. The Bertz CT molecular complexity index is 552. The predicted octanol–water partition coefficient (Wildman–Crippen LogP) is 4.04. The molecular formula is C15H20BrNO2S. The van der Waals surface area contributed by atoms with Gasteiger partial charge in [0.05, 0.1) is 0 Å². The summed E-state index contributed by atoms with van der Waals surface area (Å²) in [5.41, 5.74) is 0.953. The Morgan fingerprint density at radius 3 is 2.50 bits per heavy atom. The molecule has 0 aliphatic carbocycles. The van der Waals surface area contributed by atoms with Crippen LogP contribution in [0.1, 0.15) is 25.3 Å². The van der Waals surface area contributed by atoms with Gasteiger partial charge in [0.1, 0.15) is 3.81 Å². The van der Waals surface area contributed by atoms with Crippen molar-refractivity contribution >= 4 is 26.0 Å². The molecular weight excluding hydrogens is 338 g/mol. The normalized spacial score (nSPS) is 12.2. The van der Waals surface area contributed by atoms with Crippen molar-refractivity contribution in [3.05, 3.63) is 58.4 Å². The molecule has 5 heteroatoms. The third kappa shape index (κ3) is 5.23. The van der Waals surface area contributed by atoms with Gasteiger partial charge >= 0.3 is 0 Å². The Labute approximate surface area is 130 Å². The van der Waals surface area contributed by atoms with Gasteiger partial charge in [-0.1, -0.05) is 62.4 Å². The smallest absolute Gasteiger partial charge is 0.206 e. The van der Waals surface area contributed by atoms with Crippen LogP contribution in [0.25, 0.3) is 0 Å². The molecule has 0 amide bonds. The minimum absolute atomic E-state index is 0.00942. The fourth-order valence-electron chi connectivity index (χ4n) is 1.65. The number of benzene rings is 1. The van der Waals surface area contributed by atoms with Crippen molar-refractivity contribution in [2.75, 3.05) is 6.54 Å². The average molecular weight is 358 g/mol. The van der Waals surface area contributed by atoms with Crippen LogP contribution in [-0.2, 0) is 16.6 Å². The van der Waals surface area contributed by atoms with Crippen molar-refractivity contribution in [3.8, 4) is 0 Å². The number of rotatable bonds is 8. The molecule has 0 radical (unpaired) electrons. The van der Waals surface area contributed by atoms with Crippen molar-refractivity contribution in [2.24, 2.45) is 0 Å². The SMILES string of the molecule is C=C(Br)S(=O)(=O)N(C/C=C/CCC)Cc1ccccc1. The van der Waals surface area contributed by atoms with Crippen LogP contribution in [0.3, 0.4) is 0 Å². The van der Waals surface area contributed by atoms with Crippen molar-refractivity contribution < 1.29 is 8.42 Å². The van der Waals surface area contributed by atoms with Crippen molar-refractivity contribution in [2.45, 2.75) is 26.3 Å². The number of hydrogen-bond donors (Lipinski definition) is 0. The van der Waals surface area contributed by atoms with E-state index in [-0.39, 0.29) is 3.81 Å². The average Bonchev–Trinajstić information content (AvgIpc) is 2.43. The highest BCUT2D eigenvalue weighted by Crippen LogP contribution is 2.19. The minimum atomic E-state index is -3.52. The summed E-state index contributed by atoms with van der Waals surface area (Å²) >= 11 is 2.98. The second-order valence-corrected chi connectivity index (χ2v) is 7.84. The lowest BCUT2D eigenvalue weighted by molar-refractivity contribution is 0.445. The molecule has 0 bridgehead atoms. The van der Waals surface area contributed by atoms with E-state index in [0.29, 0.717) is 13.1 Å². The molecule has 0 saturated heterocycles. The topological polar surface area (TPSA) is 37.4 Å². The highest BCUT2D eigenvalue weighted by molar-refractivity contribution is 9.13. The van der Waals surface area contributed by atoms with Crippen molar-refractivity contribution in [1.29, 1.82) is 0 Å². The molecule has 0 saturated carbocycles. The highest BCUT2D eigenvalue weighted by Gasteiger charge is 2.23. The van der Waals surface area contributed by atoms with Gasteiger partial charge in [-0.2, -0.15) is 4.31 Å². The highest BCUT2D eigenvalue weighted by atomic mass is 79.9. The first-order valence-electron chi connectivity index (χ1n) is 6.52. The summed E-state index contributed by atoms with van der Waals surface area (Å²) in [5.74, 6) is 0. The van der Waals surface area contributed by atoms with Crippen LogP contribution in [0.5, 0.6) is 0 Å². The molecule has 1 aromatic rings. The Hall–Kier alpha value is -0.910. The van der Waals surface area contributed by atoms with Gasteiger partial charge in [0, 0.05) is 13.1 Å². The second kappa shape index (κ2) is 8.39. The van der Waals surface area contributed by atoms with Crippen LogP contribution in [0.4, 0.5) is 0 Å². The van der Waals surface area contributed by atoms with Crippen molar-refractivity contribution in [3.63, 3.8) is 0 Å². The van der Waals surface area contributed by atoms with Gasteiger partial charge in [0.2, 0.25) is 10.0 Å². The van der Waals surface area contributed by atoms with Crippen LogP contribution in [0, 0.1) is 0 Å². The molecule has 0 aliphatic heterocycles. The molecule has 0 spiro atoms. The molecule has 20 heavy (non-hydrogen) atoms. The predicted molar refractivity (Wildman–Crippen MR) is 87.9 cm³/mol. The van der Waals surface area contributed by atoms with Crippen LogP contribution in [0.15, 0.2) is 52.9 Å². The first-order valence-corrected chi connectivity index (χ1v) is 8.75. The summed E-state index contributed by atoms with van der Waals surface area (Å²) in [6.07, 6.45) is 5.89. The molecule has 110 valence electrons. The zero-order valence-electron chi connectivity index (χ0n) is 11.6. The maximum atomic E-state index is 12.2. The fourth-order valence-corrected chi connectivity index (χ4v) is 3.15. The molecule has 0 unspecified atom stereocenters. The maximum Gasteiger partial charge on any atom is 0.249 e. The largest absolute Gasteiger partial charge is 0.249 e. The third-order valence-electron chi connectivity index (χ3n) is 2.75. The van der Waals surface area contributed by atoms with Crippen LogP contribution in [0.2, 0.25) is 0 Å². The van der Waals surface area contributed by atoms with Gasteiger partial charge in [-0.05, 0) is 27.9 Å². The van der Waals surface area contributed by atoms with E-state index >= 15 is 0 Å². The first kappa shape index (κ1) is 17.1. The first-order chi connectivity index (χ1) is 9.48. The van der Waals surface area contributed by atoms with E-state index in [0.717, 1.165) is 18.4 Å². The number of halogens is 1. The zero-order chi connectivity index (χ0) is 15.0. The Morgan fingerprint density at radius 2 is 1.95 bits per heavy atom. The Morgan fingerprint density at radius 1 is 1.30 bits per heavy atom. The van der Waals surface area contributed by atoms with E-state index in [1.54, 1.807) is 0 Å². The summed E-state index contributed by atoms with van der Waals surface area (Å²) < 4.78 is 25.9. The third-order valence-corrected chi connectivity index (χ3v) is 5.50. The summed E-state index contributed by atoms with van der Waals surface area (Å²) in [6, 6.07) is 9.53. The summed E-state index contributed by atoms with van der Waals surface area (Å²) in [4.78, 5) is 0. The standard InChI is InChI=1S/C15H20BrNO2S/c1-3-4-5-9-12-17(20(18,19)14(2)16)13-15-10-7-6-8-11-15/h5-11H,2-4,12-13H2,1H3/b9-5+. The molecule has 0 aliphatic rings. The molecule has 0 fully saturated rings. The van der Waals surface area contributed by atoms with E-state index in [1.165, 1.54) is 4.31 Å². The molecule has 0 atom stereocenters. The lowest BCUT2D eigenvalue weighted by Gasteiger charge is -2.20. The number of allylic oxidation sites excluding steroid dienone is 1. The van der Waals surface area contributed by atoms with E-state index in [2.05, 4.69) is 29.4 Å². The van der Waals surface area contributed by atoms with Gasteiger partial charge in [0.15, 0.2) is 0 Å². The van der Waals surface area contributed by atoms with Gasteiger partial charge in [-0.15, -0.1) is 0 Å². The van der Waals surface area contributed by atoms with E-state index in [4.69, 9.17) is 0 Å². The van der Waals surface area contributed by atoms with Gasteiger partial charge in [-0.25, -0.2) is 8.42 Å². The van der Waals surface area contributed by atoms with Gasteiger partial charge in [0.25, 0.3) is 0 Å². The van der Waals surface area contributed by atoms with Crippen LogP contribution < -0.4 is 0 Å². The van der Waals surface area contributed by atoms with E-state index in [1.807, 2.05) is 42.5 Å². The summed E-state index contributed by atoms with van der Waals surface area (Å²) in [7, 11) is -3.52. The van der Waals surface area contributed by atoms with E-state index < -0.39 is 10.0 Å². The van der Waals surface area contributed by atoms with Crippen LogP contribution >= 0.6 is 15.9 Å². The molecule has 1 aromatic carbocycles. The number of sulfonamides is 1. The monoisotopic (exact) mass is 357 g/mol. The van der Waals surface area contributed by atoms with Gasteiger partial charge in [-0.3, -0.25) is 0 Å². The molecule has 1 rings (SSSR count). The van der Waals surface area contributed by atoms with E-state index in [9.17, 15) is 8.42 Å². The number of unbranched alkanes of at least 4 members (excludes halogenated alkanes) is 1.